The Morgan fingerprint density at radius 1 is 1.50 bits per heavy atom. The molecule has 0 aliphatic rings. The van der Waals surface area contributed by atoms with Gasteiger partial charge in [-0.2, -0.15) is 12.6 Å². The van der Waals surface area contributed by atoms with Gasteiger partial charge in [-0.05, 0) is 32.9 Å². The van der Waals surface area contributed by atoms with Crippen molar-refractivity contribution in [2.75, 3.05) is 5.75 Å². The lowest BCUT2D eigenvalue weighted by atomic mass is 10.1. The van der Waals surface area contributed by atoms with E-state index in [9.17, 15) is 9.59 Å². The Kier molecular flexibility index (Phi) is 5.38. The first-order valence-corrected chi connectivity index (χ1v) is 6.75. The molecule has 6 nitrogen and oxygen atoms in total. The van der Waals surface area contributed by atoms with Crippen LogP contribution in [0.1, 0.15) is 37.0 Å². The molecule has 1 unspecified atom stereocenters. The number of nitrogens with one attached hydrogen (secondary N) is 2. The molecular formula is C13H19N3O3S. The van der Waals surface area contributed by atoms with E-state index < -0.39 is 17.9 Å². The van der Waals surface area contributed by atoms with Gasteiger partial charge >= 0.3 is 5.97 Å². The van der Waals surface area contributed by atoms with E-state index in [2.05, 4.69) is 27.9 Å². The highest BCUT2D eigenvalue weighted by molar-refractivity contribution is 7.80. The van der Waals surface area contributed by atoms with Crippen molar-refractivity contribution in [1.82, 2.24) is 10.3 Å². The molecule has 0 bridgehead atoms. The van der Waals surface area contributed by atoms with E-state index in [1.54, 1.807) is 18.3 Å². The third-order valence-electron chi connectivity index (χ3n) is 2.33. The van der Waals surface area contributed by atoms with Gasteiger partial charge in [-0.1, -0.05) is 0 Å². The Bertz CT molecular complexity index is 517. The minimum absolute atomic E-state index is 0.0279. The highest BCUT2D eigenvalue weighted by Gasteiger charge is 2.19. The van der Waals surface area contributed by atoms with Gasteiger partial charge in [0.2, 0.25) is 0 Å². The second-order valence-electron chi connectivity index (χ2n) is 5.30. The SMILES string of the molecule is CC(C)(C)N=Cc1ccc(C(=O)NC(CS)C(=O)O)[nH]1. The molecule has 0 aliphatic carbocycles. The number of nitrogens with zero attached hydrogens (tertiary/aromatic N) is 1. The Labute approximate surface area is 123 Å². The summed E-state index contributed by atoms with van der Waals surface area (Å²) in [6.07, 6.45) is 1.64. The molecule has 1 atom stereocenters. The van der Waals surface area contributed by atoms with E-state index in [-0.39, 0.29) is 17.0 Å². The van der Waals surface area contributed by atoms with E-state index in [0.717, 1.165) is 0 Å². The fraction of sp³-hybridized carbons (Fsp3) is 0.462. The van der Waals surface area contributed by atoms with Gasteiger partial charge in [-0.3, -0.25) is 9.79 Å². The molecule has 0 saturated carbocycles. The maximum absolute atomic E-state index is 11.8. The molecule has 1 amide bonds. The molecule has 110 valence electrons. The predicted octanol–water partition coefficient (Wildman–Crippen LogP) is 1.34. The summed E-state index contributed by atoms with van der Waals surface area (Å²) in [6.45, 7) is 5.89. The highest BCUT2D eigenvalue weighted by Crippen LogP contribution is 2.07. The molecule has 0 saturated heterocycles. The summed E-state index contributed by atoms with van der Waals surface area (Å²) in [5.41, 5.74) is 0.768. The van der Waals surface area contributed by atoms with Crippen molar-refractivity contribution in [3.63, 3.8) is 0 Å². The van der Waals surface area contributed by atoms with Crippen molar-refractivity contribution in [2.45, 2.75) is 32.4 Å². The smallest absolute Gasteiger partial charge is 0.327 e. The highest BCUT2D eigenvalue weighted by atomic mass is 32.1. The van der Waals surface area contributed by atoms with Crippen LogP contribution in [-0.2, 0) is 4.79 Å². The average Bonchev–Trinajstić information content (AvgIpc) is 2.80. The number of aliphatic imine (C=N–C) groups is 1. The zero-order valence-corrected chi connectivity index (χ0v) is 12.6. The summed E-state index contributed by atoms with van der Waals surface area (Å²) < 4.78 is 0. The second-order valence-corrected chi connectivity index (χ2v) is 5.67. The normalized spacial score (nSPS) is 13.4. The lowest BCUT2D eigenvalue weighted by molar-refractivity contribution is -0.138. The molecule has 0 aromatic carbocycles. The number of aliphatic carboxylic acids is 1. The van der Waals surface area contributed by atoms with Crippen LogP contribution < -0.4 is 5.32 Å². The van der Waals surface area contributed by atoms with Crippen molar-refractivity contribution in [3.05, 3.63) is 23.5 Å². The minimum atomic E-state index is -1.12. The Balaban J connectivity index is 2.74. The largest absolute Gasteiger partial charge is 0.480 e. The van der Waals surface area contributed by atoms with Gasteiger partial charge < -0.3 is 15.4 Å². The van der Waals surface area contributed by atoms with Crippen LogP contribution in [-0.4, -0.2) is 45.5 Å². The third kappa shape index (κ3) is 5.08. The fourth-order valence-electron chi connectivity index (χ4n) is 1.30. The predicted molar refractivity (Wildman–Crippen MR) is 80.9 cm³/mol. The van der Waals surface area contributed by atoms with Gasteiger partial charge in [0.05, 0.1) is 11.2 Å². The topological polar surface area (TPSA) is 94.6 Å². The number of carboxylic acid groups (broad SMARTS) is 1. The molecule has 0 aliphatic heterocycles. The molecule has 0 radical (unpaired) electrons. The fourth-order valence-corrected chi connectivity index (χ4v) is 1.55. The first-order chi connectivity index (χ1) is 9.23. The number of aromatic amines is 1. The van der Waals surface area contributed by atoms with E-state index in [1.165, 1.54) is 0 Å². The minimum Gasteiger partial charge on any atom is -0.480 e. The van der Waals surface area contributed by atoms with E-state index >= 15 is 0 Å². The number of H-pyrrole nitrogens is 1. The summed E-state index contributed by atoms with van der Waals surface area (Å²) in [6, 6.07) is 2.28. The van der Waals surface area contributed by atoms with E-state index in [0.29, 0.717) is 5.69 Å². The summed E-state index contributed by atoms with van der Waals surface area (Å²) in [5.74, 6) is -1.57. The number of aromatic nitrogens is 1. The third-order valence-corrected chi connectivity index (χ3v) is 2.70. The van der Waals surface area contributed by atoms with Gasteiger partial charge in [0.25, 0.3) is 5.91 Å². The number of hydrogen-bond acceptors (Lipinski definition) is 4. The lowest BCUT2D eigenvalue weighted by Gasteiger charge is -2.11. The number of rotatable bonds is 5. The Hall–Kier alpha value is -1.76. The van der Waals surface area contributed by atoms with Crippen molar-refractivity contribution in [1.29, 1.82) is 0 Å². The number of hydrogen-bond donors (Lipinski definition) is 4. The zero-order valence-electron chi connectivity index (χ0n) is 11.7. The van der Waals surface area contributed by atoms with Crippen LogP contribution in [0.3, 0.4) is 0 Å². The van der Waals surface area contributed by atoms with Crippen LogP contribution >= 0.6 is 12.6 Å². The standard InChI is InChI=1S/C13H19N3O3S/c1-13(2,3)14-6-8-4-5-9(15-8)11(17)16-10(7-20)12(18)19/h4-6,10,15,20H,7H2,1-3H3,(H,16,17)(H,18,19). The lowest BCUT2D eigenvalue weighted by Crippen LogP contribution is -2.42. The molecular weight excluding hydrogens is 278 g/mol. The second kappa shape index (κ2) is 6.60. The molecule has 3 N–H and O–H groups in total. The summed E-state index contributed by atoms with van der Waals surface area (Å²) in [5, 5.41) is 11.2. The Morgan fingerprint density at radius 3 is 2.65 bits per heavy atom. The number of carbonyl (C=O) groups excluding carboxylic acids is 1. The molecule has 0 spiro atoms. The van der Waals surface area contributed by atoms with Gasteiger partial charge in [-0.15, -0.1) is 0 Å². The number of amides is 1. The number of carboxylic acids is 1. The van der Waals surface area contributed by atoms with Crippen molar-refractivity contribution >= 4 is 30.7 Å². The summed E-state index contributed by atoms with van der Waals surface area (Å²) in [4.78, 5) is 29.9. The zero-order chi connectivity index (χ0) is 15.3. The van der Waals surface area contributed by atoms with Crippen LogP contribution in [0.4, 0.5) is 0 Å². The molecule has 1 heterocycles. The average molecular weight is 297 g/mol. The quantitative estimate of drug-likeness (QED) is 0.488. The van der Waals surface area contributed by atoms with Crippen LogP contribution in [0.5, 0.6) is 0 Å². The maximum atomic E-state index is 11.8. The van der Waals surface area contributed by atoms with Crippen LogP contribution in [0, 0.1) is 0 Å². The number of carbonyl (C=O) groups is 2. The number of thiol groups is 1. The van der Waals surface area contributed by atoms with Crippen molar-refractivity contribution < 1.29 is 14.7 Å². The van der Waals surface area contributed by atoms with Gasteiger partial charge in [0, 0.05) is 12.0 Å². The van der Waals surface area contributed by atoms with Gasteiger partial charge in [0.1, 0.15) is 11.7 Å². The van der Waals surface area contributed by atoms with Gasteiger partial charge in [-0.25, -0.2) is 4.79 Å². The summed E-state index contributed by atoms with van der Waals surface area (Å²) in [7, 11) is 0. The monoisotopic (exact) mass is 297 g/mol. The van der Waals surface area contributed by atoms with Crippen LogP contribution in [0.2, 0.25) is 0 Å². The molecule has 7 heteroatoms. The molecule has 1 rings (SSSR count). The maximum Gasteiger partial charge on any atom is 0.327 e. The molecule has 0 fully saturated rings. The van der Waals surface area contributed by atoms with Crippen LogP contribution in [0.15, 0.2) is 17.1 Å². The van der Waals surface area contributed by atoms with Crippen LogP contribution in [0.25, 0.3) is 0 Å². The van der Waals surface area contributed by atoms with Crippen molar-refractivity contribution in [3.8, 4) is 0 Å². The Morgan fingerprint density at radius 2 is 2.15 bits per heavy atom. The van der Waals surface area contributed by atoms with E-state index in [1.807, 2.05) is 20.8 Å². The first-order valence-electron chi connectivity index (χ1n) is 6.11. The van der Waals surface area contributed by atoms with Crippen molar-refractivity contribution in [2.24, 2.45) is 4.99 Å². The molecule has 1 aromatic rings. The van der Waals surface area contributed by atoms with E-state index in [4.69, 9.17) is 5.11 Å². The molecule has 1 aromatic heterocycles. The summed E-state index contributed by atoms with van der Waals surface area (Å²) >= 11 is 3.89. The van der Waals surface area contributed by atoms with Gasteiger partial charge in [0.15, 0.2) is 0 Å². The molecule has 20 heavy (non-hydrogen) atoms. The first kappa shape index (κ1) is 16.3.